The van der Waals surface area contributed by atoms with E-state index in [9.17, 15) is 18.0 Å². The van der Waals surface area contributed by atoms with Gasteiger partial charge in [-0.05, 0) is 47.9 Å². The fourth-order valence-electron chi connectivity index (χ4n) is 3.49. The molecule has 0 unspecified atom stereocenters. The molecule has 0 fully saturated rings. The number of esters is 1. The topological polar surface area (TPSA) is 48.4 Å². The van der Waals surface area contributed by atoms with Crippen molar-refractivity contribution in [3.63, 3.8) is 0 Å². The van der Waals surface area contributed by atoms with Crippen molar-refractivity contribution in [1.82, 2.24) is 4.98 Å². The second kappa shape index (κ2) is 7.91. The maximum Gasteiger partial charge on any atom is 0.416 e. The SMILES string of the molecule is COC(=O)c1ccc2c(C3=CCOCC3)cc(-c3ccc(C(F)(F)F)cc3)nc2c1. The smallest absolute Gasteiger partial charge is 0.416 e. The van der Waals surface area contributed by atoms with E-state index in [0.717, 1.165) is 28.7 Å². The normalized spacial score (nSPS) is 14.5. The van der Waals surface area contributed by atoms with Crippen LogP contribution in [0.15, 0.2) is 54.6 Å². The molecular formula is C23H18F3NO3. The predicted molar refractivity (Wildman–Crippen MR) is 107 cm³/mol. The summed E-state index contributed by atoms with van der Waals surface area (Å²) < 4.78 is 48.9. The number of nitrogens with zero attached hydrogens (tertiary/aromatic N) is 1. The Balaban J connectivity index is 1.88. The fourth-order valence-corrected chi connectivity index (χ4v) is 3.49. The first-order chi connectivity index (χ1) is 14.4. The van der Waals surface area contributed by atoms with Gasteiger partial charge >= 0.3 is 12.1 Å². The van der Waals surface area contributed by atoms with Crippen LogP contribution in [0.1, 0.15) is 27.9 Å². The maximum atomic E-state index is 12.9. The summed E-state index contributed by atoms with van der Waals surface area (Å²) >= 11 is 0. The van der Waals surface area contributed by atoms with Crippen molar-refractivity contribution >= 4 is 22.4 Å². The van der Waals surface area contributed by atoms with Gasteiger partial charge in [0.1, 0.15) is 0 Å². The largest absolute Gasteiger partial charge is 0.465 e. The Hall–Kier alpha value is -3.19. The van der Waals surface area contributed by atoms with Crippen LogP contribution in [0, 0.1) is 0 Å². The zero-order chi connectivity index (χ0) is 21.3. The Labute approximate surface area is 170 Å². The zero-order valence-corrected chi connectivity index (χ0v) is 16.1. The third-order valence-electron chi connectivity index (χ3n) is 5.05. The highest BCUT2D eigenvalue weighted by Crippen LogP contribution is 2.34. The summed E-state index contributed by atoms with van der Waals surface area (Å²) in [6.07, 6.45) is -1.70. The molecule has 4 nitrogen and oxygen atoms in total. The molecule has 0 saturated heterocycles. The summed E-state index contributed by atoms with van der Waals surface area (Å²) in [4.78, 5) is 16.6. The van der Waals surface area contributed by atoms with Crippen LogP contribution in [0.5, 0.6) is 0 Å². The molecule has 3 aromatic rings. The van der Waals surface area contributed by atoms with E-state index in [2.05, 4.69) is 4.98 Å². The molecule has 0 atom stereocenters. The Kier molecular flexibility index (Phi) is 5.30. The Morgan fingerprint density at radius 2 is 1.87 bits per heavy atom. The molecule has 2 aromatic carbocycles. The molecule has 0 bridgehead atoms. The monoisotopic (exact) mass is 413 g/mol. The van der Waals surface area contributed by atoms with Gasteiger partial charge in [0.25, 0.3) is 0 Å². The number of ether oxygens (including phenoxy) is 2. The van der Waals surface area contributed by atoms with E-state index in [-0.39, 0.29) is 0 Å². The van der Waals surface area contributed by atoms with Crippen LogP contribution >= 0.6 is 0 Å². The van der Waals surface area contributed by atoms with Crippen LogP contribution < -0.4 is 0 Å². The maximum absolute atomic E-state index is 12.9. The lowest BCUT2D eigenvalue weighted by Gasteiger charge is -2.17. The van der Waals surface area contributed by atoms with E-state index in [1.165, 1.54) is 19.2 Å². The molecule has 0 N–H and O–H groups in total. The van der Waals surface area contributed by atoms with Gasteiger partial charge in [-0.1, -0.05) is 24.3 Å². The van der Waals surface area contributed by atoms with Gasteiger partial charge in [0.2, 0.25) is 0 Å². The number of rotatable bonds is 3. The average molecular weight is 413 g/mol. The molecule has 0 spiro atoms. The Morgan fingerprint density at radius 3 is 2.50 bits per heavy atom. The van der Waals surface area contributed by atoms with Crippen molar-refractivity contribution in [1.29, 1.82) is 0 Å². The van der Waals surface area contributed by atoms with Crippen LogP contribution in [-0.4, -0.2) is 31.3 Å². The fraction of sp³-hybridized carbons (Fsp3) is 0.217. The molecule has 30 heavy (non-hydrogen) atoms. The summed E-state index contributed by atoms with van der Waals surface area (Å²) in [5.74, 6) is -0.481. The van der Waals surface area contributed by atoms with Gasteiger partial charge in [-0.15, -0.1) is 0 Å². The standard InChI is InChI=1S/C23H18F3NO3/c1-29-22(28)16-4-7-18-19(14-8-10-30-11-9-14)13-20(27-21(18)12-16)15-2-5-17(6-3-15)23(24,25)26/h2-8,12-13H,9-11H2,1H3. The number of hydrogen-bond acceptors (Lipinski definition) is 4. The first-order valence-corrected chi connectivity index (χ1v) is 9.35. The molecule has 2 heterocycles. The second-order valence-electron chi connectivity index (χ2n) is 6.91. The minimum Gasteiger partial charge on any atom is -0.465 e. The summed E-state index contributed by atoms with van der Waals surface area (Å²) in [7, 11) is 1.30. The molecule has 0 amide bonds. The lowest BCUT2D eigenvalue weighted by atomic mass is 9.94. The Bertz CT molecular complexity index is 1130. The van der Waals surface area contributed by atoms with E-state index in [1.54, 1.807) is 12.1 Å². The van der Waals surface area contributed by atoms with Gasteiger partial charge in [-0.3, -0.25) is 0 Å². The third-order valence-corrected chi connectivity index (χ3v) is 5.05. The minimum absolute atomic E-state index is 0.356. The van der Waals surface area contributed by atoms with Gasteiger partial charge in [-0.25, -0.2) is 9.78 Å². The van der Waals surface area contributed by atoms with E-state index in [4.69, 9.17) is 9.47 Å². The minimum atomic E-state index is -4.40. The summed E-state index contributed by atoms with van der Waals surface area (Å²) in [5, 5.41) is 0.853. The molecule has 1 aliphatic rings. The Morgan fingerprint density at radius 1 is 1.10 bits per heavy atom. The van der Waals surface area contributed by atoms with E-state index in [1.807, 2.05) is 18.2 Å². The highest BCUT2D eigenvalue weighted by molar-refractivity contribution is 5.99. The number of aromatic nitrogens is 1. The summed E-state index contributed by atoms with van der Waals surface area (Å²) in [5.41, 5.74) is 3.30. The number of alkyl halides is 3. The van der Waals surface area contributed by atoms with Crippen molar-refractivity contribution in [3.8, 4) is 11.3 Å². The number of methoxy groups -OCH3 is 1. The summed E-state index contributed by atoms with van der Waals surface area (Å²) in [6.45, 7) is 1.08. The van der Waals surface area contributed by atoms with Crippen LogP contribution in [0.3, 0.4) is 0 Å². The van der Waals surface area contributed by atoms with E-state index in [0.29, 0.717) is 42.0 Å². The number of halogens is 3. The highest BCUT2D eigenvalue weighted by atomic mass is 19.4. The van der Waals surface area contributed by atoms with Gasteiger partial charge in [-0.2, -0.15) is 13.2 Å². The number of fused-ring (bicyclic) bond motifs is 1. The van der Waals surface area contributed by atoms with Crippen LogP contribution in [0.4, 0.5) is 13.2 Å². The molecule has 0 radical (unpaired) electrons. The molecule has 7 heteroatoms. The van der Waals surface area contributed by atoms with Crippen molar-refractivity contribution < 1.29 is 27.4 Å². The molecule has 1 aliphatic heterocycles. The van der Waals surface area contributed by atoms with Crippen LogP contribution in [-0.2, 0) is 15.7 Å². The molecule has 0 saturated carbocycles. The number of carbonyl (C=O) groups is 1. The van der Waals surface area contributed by atoms with Crippen molar-refractivity contribution in [3.05, 3.63) is 71.3 Å². The molecular weight excluding hydrogens is 395 g/mol. The second-order valence-corrected chi connectivity index (χ2v) is 6.91. The number of benzene rings is 2. The molecule has 1 aromatic heterocycles. The number of hydrogen-bond donors (Lipinski definition) is 0. The van der Waals surface area contributed by atoms with Crippen LogP contribution in [0.2, 0.25) is 0 Å². The first-order valence-electron chi connectivity index (χ1n) is 9.35. The zero-order valence-electron chi connectivity index (χ0n) is 16.1. The molecule has 154 valence electrons. The predicted octanol–water partition coefficient (Wildman–Crippen LogP) is 5.51. The van der Waals surface area contributed by atoms with E-state index >= 15 is 0 Å². The molecule has 0 aliphatic carbocycles. The van der Waals surface area contributed by atoms with Gasteiger partial charge in [0.05, 0.1) is 42.7 Å². The lowest BCUT2D eigenvalue weighted by Crippen LogP contribution is -2.06. The number of pyridine rings is 1. The quantitative estimate of drug-likeness (QED) is 0.531. The first kappa shape index (κ1) is 20.1. The van der Waals surface area contributed by atoms with Crippen molar-refractivity contribution in [2.24, 2.45) is 0 Å². The number of carbonyl (C=O) groups excluding carboxylic acids is 1. The van der Waals surface area contributed by atoms with Gasteiger partial charge < -0.3 is 9.47 Å². The highest BCUT2D eigenvalue weighted by Gasteiger charge is 2.30. The van der Waals surface area contributed by atoms with Gasteiger partial charge in [0.15, 0.2) is 0 Å². The summed E-state index contributed by atoms with van der Waals surface area (Å²) in [6, 6.07) is 11.9. The molecule has 4 rings (SSSR count). The van der Waals surface area contributed by atoms with E-state index < -0.39 is 17.7 Å². The van der Waals surface area contributed by atoms with Gasteiger partial charge in [0, 0.05) is 10.9 Å². The average Bonchev–Trinajstić information content (AvgIpc) is 2.77. The van der Waals surface area contributed by atoms with Crippen LogP contribution in [0.25, 0.3) is 27.7 Å². The van der Waals surface area contributed by atoms with Crippen molar-refractivity contribution in [2.75, 3.05) is 20.3 Å². The third kappa shape index (κ3) is 3.93. The lowest BCUT2D eigenvalue weighted by molar-refractivity contribution is -0.137. The van der Waals surface area contributed by atoms with Crippen molar-refractivity contribution in [2.45, 2.75) is 12.6 Å².